The van der Waals surface area contributed by atoms with Gasteiger partial charge in [-0.05, 0) is 181 Å². The van der Waals surface area contributed by atoms with Gasteiger partial charge in [-0.1, -0.05) is 276 Å². The molecule has 3 aliphatic heterocycles. The Morgan fingerprint density at radius 3 is 1.05 bits per heavy atom. The minimum absolute atomic E-state index is 0. The van der Waals surface area contributed by atoms with Crippen LogP contribution in [0.5, 0.6) is 0 Å². The summed E-state index contributed by atoms with van der Waals surface area (Å²) in [6.45, 7) is 64.9. The molecule has 8 atom stereocenters. The topological polar surface area (TPSA) is 36.9 Å². The molecule has 11 aliphatic rings. The van der Waals surface area contributed by atoms with E-state index in [0.717, 1.165) is 123 Å². The smallest absolute Gasteiger partial charge is 1.00 e. The second kappa shape index (κ2) is 80.4. The van der Waals surface area contributed by atoms with Gasteiger partial charge in [0.15, 0.2) is 0 Å². The Hall–Kier alpha value is 2.61. The minimum Gasteiger partial charge on any atom is -1.00 e. The molecule has 0 spiro atoms. The van der Waals surface area contributed by atoms with E-state index in [0.29, 0.717) is 0 Å². The predicted octanol–water partition coefficient (Wildman–Crippen LogP) is 29.9. The maximum atomic E-state index is 5.43. The van der Waals surface area contributed by atoms with Gasteiger partial charge in [-0.2, -0.15) is 12.8 Å². The first-order valence-electron chi connectivity index (χ1n) is 41.8. The van der Waals surface area contributed by atoms with Gasteiger partial charge in [0, 0.05) is 39.6 Å². The maximum Gasteiger partial charge on any atom is 1.00 e. The normalized spacial score (nSPS) is 22.7. The standard InChI is InChI=1S/C18H34Si.C18H32Si.C18H24Si.C8H14.C8H12.C4H8O.2C4H7O.C4H10O.C2H6Cl2Si.C2H4.CH4.2CH3.6ClH.2Li.2Zr.2H/c3*1-5-7-15-9-11-17(13-15)19(3,4)18-12-10-16(14-18)8-6-2;2*1-2-5-8-6-3-4-7-8;3*1-2-4-5-3-1;1-3-5-4-2;1-5(2,3)4;1-2;;;;;;;;;;;;;;;/h5,15-18H,1,6-14H2,2-4H3;5-6,15-18H,1-2,7-14H2,3-4H3;5-6,9-12H,1-2,7-8,13-14H2,3-4H3;2,8H,1,3-7H2;3-4,6-8H,2,5H2,1H3;1-4H2;2*3H,1-2,4H2;3-4H2,1-2H3;1-2H3;1-2H2;1H4;2*1H3;6*1H;;;;;;/q;;;;;;2*-1;;;;;2*-1;;;;;;;2*+1;2*+4;2*-1/p-6. The molecule has 0 radical (unpaired) electrons. The molecule has 0 N–H and O–H groups in total. The number of hydrogen-bond donors (Lipinski definition) is 0. The maximum absolute atomic E-state index is 5.43. The second-order valence-electron chi connectivity index (χ2n) is 32.7. The van der Waals surface area contributed by atoms with Crippen molar-refractivity contribution in [3.8, 4) is 0 Å². The van der Waals surface area contributed by atoms with Gasteiger partial charge in [0.05, 0.1) is 16.1 Å². The average molecular weight is 1940 g/mol. The number of rotatable bonds is 24. The summed E-state index contributed by atoms with van der Waals surface area (Å²) in [7, 11) is 26.5. The molecule has 0 amide bonds. The van der Waals surface area contributed by atoms with Gasteiger partial charge in [0.2, 0.25) is 6.69 Å². The second-order valence-corrected chi connectivity index (χ2v) is 82.8. The fraction of sp³-hybridized carbons (Fsp3) is 0.677. The summed E-state index contributed by atoms with van der Waals surface area (Å²) in [6.07, 6.45) is 76.8. The molecular weight excluding hydrogens is 1770 g/mol. The minimum atomic E-state index is -3.29. The van der Waals surface area contributed by atoms with Crippen LogP contribution in [-0.4, -0.2) is 70.6 Å². The molecule has 8 aliphatic carbocycles. The molecule has 11 rings (SSSR count). The third kappa shape index (κ3) is 66.7. The summed E-state index contributed by atoms with van der Waals surface area (Å²) in [6, 6.07) is 0. The van der Waals surface area contributed by atoms with Crippen LogP contribution in [0.25, 0.3) is 0 Å². The van der Waals surface area contributed by atoms with Crippen molar-refractivity contribution in [2.45, 2.75) is 328 Å². The summed E-state index contributed by atoms with van der Waals surface area (Å²) < 4.78 is 19.4. The molecule has 4 nitrogen and oxygen atoms in total. The summed E-state index contributed by atoms with van der Waals surface area (Å²) >= 11 is 6.75. The van der Waals surface area contributed by atoms with Gasteiger partial charge >= 0.3 is 125 Å². The van der Waals surface area contributed by atoms with Gasteiger partial charge in [-0.3, -0.25) is 0 Å². The number of ether oxygens (including phenoxy) is 4. The Morgan fingerprint density at radius 1 is 0.487 bits per heavy atom. The van der Waals surface area contributed by atoms with Crippen LogP contribution in [0.4, 0.5) is 0 Å². The zero-order valence-corrected chi connectivity index (χ0v) is 89.6. The van der Waals surface area contributed by atoms with E-state index in [1.165, 1.54) is 191 Å². The van der Waals surface area contributed by atoms with Crippen molar-refractivity contribution in [3.05, 3.63) is 187 Å². The van der Waals surface area contributed by atoms with E-state index in [4.69, 9.17) is 92.2 Å². The quantitative estimate of drug-likeness (QED) is 0.0418. The Balaban J connectivity index is -0.000000158. The Bertz CT molecular complexity index is 2360. The first kappa shape index (κ1) is 129. The van der Waals surface area contributed by atoms with Crippen molar-refractivity contribution in [2.24, 2.45) is 35.5 Å². The van der Waals surface area contributed by atoms with Crippen molar-refractivity contribution in [1.82, 2.24) is 0 Å². The van der Waals surface area contributed by atoms with E-state index in [9.17, 15) is 0 Å². The molecule has 5 saturated carbocycles. The van der Waals surface area contributed by atoms with Crippen molar-refractivity contribution in [3.63, 3.8) is 0 Å². The van der Waals surface area contributed by atoms with E-state index in [2.05, 4.69) is 179 Å². The van der Waals surface area contributed by atoms with Crippen molar-refractivity contribution < 1.29 is 95.9 Å². The van der Waals surface area contributed by atoms with E-state index < -0.39 is 67.3 Å². The van der Waals surface area contributed by atoms with Gasteiger partial charge in [-0.25, -0.2) is 13.2 Å². The molecule has 0 bridgehead atoms. The van der Waals surface area contributed by atoms with Crippen molar-refractivity contribution >= 4 is 104 Å². The van der Waals surface area contributed by atoms with Crippen LogP contribution < -0.4 is 37.7 Å². The van der Waals surface area contributed by atoms with E-state index in [1.807, 2.05) is 52.3 Å². The molecule has 0 aromatic rings. The van der Waals surface area contributed by atoms with Crippen LogP contribution in [0.15, 0.2) is 159 Å². The number of allylic oxidation sites excluding steroid dienone is 18. The van der Waals surface area contributed by atoms with Crippen molar-refractivity contribution in [2.75, 3.05) is 39.6 Å². The Morgan fingerprint density at radius 2 is 0.805 bits per heavy atom. The van der Waals surface area contributed by atoms with Crippen LogP contribution >= 0.6 is 73.2 Å². The SMILES string of the molecule is C.C1CCOC1.C=C.C=CCC1=CC=C([Si](C)(C)C2=CC=C(CC=C)C2)C1.C=CCC1CCC([Si](C)(C)C2CCC(CC=C)C2)C1.C=CCC1CCC([Si](C)(C)C2CCC(CCC)C2)C1.C=CCC1CCCC1.CCCC1C=CC=C1.CCOCC.C[Si](C)(Cl)Cl.[CH-]1CCCO1.[CH-]1CCCO1.[CH3-].[CH3-].[Cl][Zr+2][Cl].[Cl][Zr]([Cl])([Cl])[Cl].[H-].[H-].[Li+].[Li+]. The van der Waals surface area contributed by atoms with Gasteiger partial charge in [0.1, 0.15) is 8.07 Å². The molecule has 8 unspecified atom stereocenters. The fourth-order valence-corrected chi connectivity index (χ4v) is 28.1. The van der Waals surface area contributed by atoms with Gasteiger partial charge in [-0.15, -0.1) is 74.8 Å². The van der Waals surface area contributed by atoms with Gasteiger partial charge in [0.25, 0.3) is 0 Å². The summed E-state index contributed by atoms with van der Waals surface area (Å²) in [5.74, 6) is 5.71. The summed E-state index contributed by atoms with van der Waals surface area (Å²) in [5, 5.41) is 3.34. The number of hydrogen-bond acceptors (Lipinski definition) is 4. The predicted molar refractivity (Wildman–Crippen MR) is 519 cm³/mol. The molecule has 20 heteroatoms. The first-order chi connectivity index (χ1) is 51.4. The Kier molecular flexibility index (Phi) is 91.6. The third-order valence-electron chi connectivity index (χ3n) is 22.9. The molecule has 3 heterocycles. The van der Waals surface area contributed by atoms with Gasteiger partial charge < -0.3 is 36.7 Å². The zero-order valence-electron chi connectivity index (χ0n) is 76.6. The van der Waals surface area contributed by atoms with E-state index in [1.54, 1.807) is 23.2 Å². The molecule has 3 saturated heterocycles. The summed E-state index contributed by atoms with van der Waals surface area (Å²) in [5.41, 5.74) is 7.46. The zero-order chi connectivity index (χ0) is 81.7. The largest absolute Gasteiger partial charge is 1.00 e. The molecule has 8 fully saturated rings. The van der Waals surface area contributed by atoms with E-state index >= 15 is 0 Å². The first-order valence-corrected chi connectivity index (χ1v) is 75.1. The number of halogens is 8. The average Bonchev–Trinajstić information content (AvgIpc) is 1.68. The Labute approximate surface area is 781 Å². The molecule has 650 valence electrons. The fourth-order valence-electron chi connectivity index (χ4n) is 16.6. The third-order valence-corrected chi connectivity index (χ3v) is 37.3. The van der Waals surface area contributed by atoms with Crippen molar-refractivity contribution in [1.29, 1.82) is 0 Å². The summed E-state index contributed by atoms with van der Waals surface area (Å²) in [4.78, 5) is 0. The monoisotopic (exact) mass is 1940 g/mol. The van der Waals surface area contributed by atoms with E-state index in [-0.39, 0.29) is 62.9 Å². The van der Waals surface area contributed by atoms with Crippen LogP contribution in [0, 0.1) is 63.6 Å². The van der Waals surface area contributed by atoms with Crippen LogP contribution in [-0.2, 0) is 55.3 Å². The van der Waals surface area contributed by atoms with Crippen LogP contribution in [0.1, 0.15) is 256 Å². The molecular formula is C93H170Cl8Li2O4Si4Zr2-2. The molecule has 0 aromatic carbocycles. The molecule has 0 aromatic heterocycles. The van der Waals surface area contributed by atoms with Crippen LogP contribution in [0.2, 0.25) is 74.5 Å². The van der Waals surface area contributed by atoms with Crippen LogP contribution in [0.3, 0.4) is 0 Å². The molecule has 113 heavy (non-hydrogen) atoms.